The maximum absolute atomic E-state index is 11.0. The Morgan fingerprint density at radius 2 is 2.36 bits per heavy atom. The highest BCUT2D eigenvalue weighted by Gasteiger charge is 2.24. The Kier molecular flexibility index (Phi) is 2.88. The number of nitrogens with one attached hydrogen (secondary N) is 1. The summed E-state index contributed by atoms with van der Waals surface area (Å²) in [7, 11) is 1.43. The Labute approximate surface area is 67.1 Å². The molecule has 1 aliphatic heterocycles. The molecule has 1 N–H and O–H groups in total. The summed E-state index contributed by atoms with van der Waals surface area (Å²) >= 11 is 0. The first-order valence-corrected chi connectivity index (χ1v) is 4.05. The summed E-state index contributed by atoms with van der Waals surface area (Å²) in [5.74, 6) is 0.511. The highest BCUT2D eigenvalue weighted by molar-refractivity contribution is 5.75. The number of piperidine rings is 1. The largest absolute Gasteiger partial charge is 0.468 e. The van der Waals surface area contributed by atoms with Crippen LogP contribution in [-0.2, 0) is 9.53 Å². The lowest BCUT2D eigenvalue weighted by molar-refractivity contribution is -0.144. The van der Waals surface area contributed by atoms with Gasteiger partial charge in [-0.15, -0.1) is 0 Å². The van der Waals surface area contributed by atoms with Crippen molar-refractivity contribution < 1.29 is 9.53 Å². The quantitative estimate of drug-likeness (QED) is 0.565. The molecule has 0 bridgehead atoms. The van der Waals surface area contributed by atoms with Crippen molar-refractivity contribution in [1.29, 1.82) is 0 Å². The highest BCUT2D eigenvalue weighted by atomic mass is 16.5. The van der Waals surface area contributed by atoms with Crippen LogP contribution < -0.4 is 5.32 Å². The van der Waals surface area contributed by atoms with Crippen LogP contribution in [-0.4, -0.2) is 25.7 Å². The summed E-state index contributed by atoms with van der Waals surface area (Å²) in [5.41, 5.74) is 0. The predicted octanol–water partition coefficient (Wildman–Crippen LogP) is 0.547. The number of methoxy groups -OCH3 is 1. The van der Waals surface area contributed by atoms with Crippen molar-refractivity contribution in [3.05, 3.63) is 0 Å². The molecule has 0 spiro atoms. The van der Waals surface area contributed by atoms with Crippen LogP contribution in [0.3, 0.4) is 0 Å². The molecule has 0 aromatic heterocycles. The number of carbonyl (C=O) groups excluding carboxylic acids is 1. The monoisotopic (exact) mass is 157 g/mol. The minimum Gasteiger partial charge on any atom is -0.468 e. The van der Waals surface area contributed by atoms with Crippen molar-refractivity contribution in [2.24, 2.45) is 5.92 Å². The van der Waals surface area contributed by atoms with Crippen molar-refractivity contribution in [2.45, 2.75) is 25.8 Å². The molecule has 3 nitrogen and oxygen atoms in total. The number of carbonyl (C=O) groups is 1. The van der Waals surface area contributed by atoms with E-state index in [2.05, 4.69) is 17.0 Å². The van der Waals surface area contributed by atoms with E-state index in [0.717, 1.165) is 19.4 Å². The normalized spacial score (nSPS) is 31.5. The van der Waals surface area contributed by atoms with Gasteiger partial charge in [0.1, 0.15) is 6.04 Å². The molecule has 0 radical (unpaired) electrons. The van der Waals surface area contributed by atoms with Gasteiger partial charge in [-0.3, -0.25) is 4.79 Å². The molecule has 1 fully saturated rings. The SMILES string of the molecule is COC(=O)[C@H]1C[C@H](C)CCN1. The average molecular weight is 157 g/mol. The fourth-order valence-corrected chi connectivity index (χ4v) is 1.43. The van der Waals surface area contributed by atoms with Gasteiger partial charge in [0, 0.05) is 0 Å². The van der Waals surface area contributed by atoms with Gasteiger partial charge in [0.25, 0.3) is 0 Å². The molecule has 0 unspecified atom stereocenters. The molecule has 11 heavy (non-hydrogen) atoms. The standard InChI is InChI=1S/C8H15NO2/c1-6-3-4-9-7(5-6)8(10)11-2/h6-7,9H,3-5H2,1-2H3/t6-,7-/m1/s1. The summed E-state index contributed by atoms with van der Waals surface area (Å²) in [6.45, 7) is 3.09. The van der Waals surface area contributed by atoms with E-state index in [0.29, 0.717) is 5.92 Å². The molecule has 1 rings (SSSR count). The summed E-state index contributed by atoms with van der Waals surface area (Å²) in [6, 6.07) is -0.0660. The van der Waals surface area contributed by atoms with Crippen molar-refractivity contribution in [3.8, 4) is 0 Å². The second kappa shape index (κ2) is 3.72. The Hall–Kier alpha value is -0.570. The zero-order chi connectivity index (χ0) is 8.27. The molecule has 2 atom stereocenters. The third kappa shape index (κ3) is 2.19. The fourth-order valence-electron chi connectivity index (χ4n) is 1.43. The van der Waals surface area contributed by atoms with Crippen LogP contribution in [0.4, 0.5) is 0 Å². The van der Waals surface area contributed by atoms with Gasteiger partial charge in [-0.05, 0) is 25.3 Å². The Balaban J connectivity index is 2.39. The van der Waals surface area contributed by atoms with E-state index >= 15 is 0 Å². The lowest BCUT2D eigenvalue weighted by Gasteiger charge is -2.25. The third-order valence-electron chi connectivity index (χ3n) is 2.15. The van der Waals surface area contributed by atoms with Gasteiger partial charge < -0.3 is 10.1 Å². The van der Waals surface area contributed by atoms with Crippen molar-refractivity contribution in [1.82, 2.24) is 5.32 Å². The van der Waals surface area contributed by atoms with E-state index in [9.17, 15) is 4.79 Å². The number of hydrogen-bond donors (Lipinski definition) is 1. The topological polar surface area (TPSA) is 38.3 Å². The van der Waals surface area contributed by atoms with Crippen molar-refractivity contribution in [2.75, 3.05) is 13.7 Å². The first-order valence-electron chi connectivity index (χ1n) is 4.05. The van der Waals surface area contributed by atoms with Crippen LogP contribution >= 0.6 is 0 Å². The number of ether oxygens (including phenoxy) is 1. The Morgan fingerprint density at radius 3 is 2.91 bits per heavy atom. The molecule has 0 aromatic rings. The summed E-state index contributed by atoms with van der Waals surface area (Å²) in [4.78, 5) is 11.0. The number of hydrogen-bond acceptors (Lipinski definition) is 3. The molecule has 64 valence electrons. The van der Waals surface area contributed by atoms with Crippen LogP contribution in [0, 0.1) is 5.92 Å². The minimum absolute atomic E-state index is 0.0660. The second-order valence-corrected chi connectivity index (χ2v) is 3.16. The van der Waals surface area contributed by atoms with Crippen LogP contribution in [0.1, 0.15) is 19.8 Å². The molecule has 1 aliphatic rings. The summed E-state index contributed by atoms with van der Waals surface area (Å²) < 4.78 is 4.64. The number of esters is 1. The maximum Gasteiger partial charge on any atom is 0.322 e. The third-order valence-corrected chi connectivity index (χ3v) is 2.15. The molecule has 0 aliphatic carbocycles. The zero-order valence-corrected chi connectivity index (χ0v) is 7.09. The summed E-state index contributed by atoms with van der Waals surface area (Å²) in [5, 5.41) is 3.13. The van der Waals surface area contributed by atoms with Gasteiger partial charge in [0.2, 0.25) is 0 Å². The molecule has 3 heteroatoms. The number of rotatable bonds is 1. The van der Waals surface area contributed by atoms with Gasteiger partial charge in [0.15, 0.2) is 0 Å². The van der Waals surface area contributed by atoms with Gasteiger partial charge in [0.05, 0.1) is 7.11 Å². The Bertz CT molecular complexity index is 147. The van der Waals surface area contributed by atoms with Crippen molar-refractivity contribution in [3.63, 3.8) is 0 Å². The van der Waals surface area contributed by atoms with Crippen LogP contribution in [0.2, 0.25) is 0 Å². The van der Waals surface area contributed by atoms with E-state index < -0.39 is 0 Å². The first-order chi connectivity index (χ1) is 5.24. The fraction of sp³-hybridized carbons (Fsp3) is 0.875. The van der Waals surface area contributed by atoms with E-state index in [4.69, 9.17) is 0 Å². The van der Waals surface area contributed by atoms with Gasteiger partial charge >= 0.3 is 5.97 Å². The van der Waals surface area contributed by atoms with Crippen LogP contribution in [0.5, 0.6) is 0 Å². The molecule has 0 amide bonds. The summed E-state index contributed by atoms with van der Waals surface area (Å²) in [6.07, 6.45) is 2.07. The van der Waals surface area contributed by atoms with Crippen molar-refractivity contribution >= 4 is 5.97 Å². The molecular formula is C8H15NO2. The maximum atomic E-state index is 11.0. The van der Waals surface area contributed by atoms with Gasteiger partial charge in [-0.25, -0.2) is 0 Å². The van der Waals surface area contributed by atoms with Crippen LogP contribution in [0.25, 0.3) is 0 Å². The minimum atomic E-state index is -0.128. The van der Waals surface area contributed by atoms with E-state index in [1.54, 1.807) is 0 Å². The second-order valence-electron chi connectivity index (χ2n) is 3.16. The molecule has 0 saturated carbocycles. The highest BCUT2D eigenvalue weighted by Crippen LogP contribution is 2.15. The zero-order valence-electron chi connectivity index (χ0n) is 7.09. The Morgan fingerprint density at radius 1 is 1.64 bits per heavy atom. The molecular weight excluding hydrogens is 142 g/mol. The smallest absolute Gasteiger partial charge is 0.322 e. The van der Waals surface area contributed by atoms with Gasteiger partial charge in [-0.2, -0.15) is 0 Å². The van der Waals surface area contributed by atoms with E-state index in [-0.39, 0.29) is 12.0 Å². The average Bonchev–Trinajstić information content (AvgIpc) is 2.03. The molecule has 1 heterocycles. The molecule has 0 aromatic carbocycles. The van der Waals surface area contributed by atoms with E-state index in [1.807, 2.05) is 0 Å². The van der Waals surface area contributed by atoms with E-state index in [1.165, 1.54) is 7.11 Å². The first kappa shape index (κ1) is 8.53. The van der Waals surface area contributed by atoms with Gasteiger partial charge in [-0.1, -0.05) is 6.92 Å². The lowest BCUT2D eigenvalue weighted by atomic mass is 9.94. The lowest BCUT2D eigenvalue weighted by Crippen LogP contribution is -2.43. The predicted molar refractivity (Wildman–Crippen MR) is 42.2 cm³/mol. The molecule has 1 saturated heterocycles. The van der Waals surface area contributed by atoms with Crippen LogP contribution in [0.15, 0.2) is 0 Å².